The molecule has 1 fully saturated rings. The molecule has 0 radical (unpaired) electrons. The molecule has 2 rings (SSSR count). The van der Waals surface area contributed by atoms with Gasteiger partial charge in [-0.3, -0.25) is 15.1 Å². The minimum atomic E-state index is -0.393. The van der Waals surface area contributed by atoms with E-state index in [9.17, 15) is 9.59 Å². The van der Waals surface area contributed by atoms with E-state index in [1.54, 1.807) is 0 Å². The van der Waals surface area contributed by atoms with Crippen molar-refractivity contribution in [3.8, 4) is 0 Å². The molecular formula is C11H17N5O2. The van der Waals surface area contributed by atoms with Gasteiger partial charge in [0.2, 0.25) is 5.95 Å². The van der Waals surface area contributed by atoms with Crippen LogP contribution in [0.5, 0.6) is 0 Å². The Labute approximate surface area is 104 Å². The van der Waals surface area contributed by atoms with E-state index in [-0.39, 0.29) is 23.8 Å². The summed E-state index contributed by atoms with van der Waals surface area (Å²) in [7, 11) is 0. The molecule has 0 aliphatic heterocycles. The SMILES string of the molecule is Nc1cc(=O)[nH]c(NC(=O)NC2CCCCC2)n1. The molecule has 0 aromatic carbocycles. The van der Waals surface area contributed by atoms with Crippen LogP contribution in [0, 0.1) is 0 Å². The number of anilines is 2. The van der Waals surface area contributed by atoms with Crippen LogP contribution in [0.2, 0.25) is 0 Å². The molecule has 1 aliphatic rings. The first-order valence-electron chi connectivity index (χ1n) is 6.08. The van der Waals surface area contributed by atoms with E-state index in [2.05, 4.69) is 20.6 Å². The molecule has 2 amide bonds. The topological polar surface area (TPSA) is 113 Å². The van der Waals surface area contributed by atoms with Crippen molar-refractivity contribution in [3.63, 3.8) is 0 Å². The van der Waals surface area contributed by atoms with Gasteiger partial charge in [0, 0.05) is 12.1 Å². The van der Waals surface area contributed by atoms with Gasteiger partial charge in [0.05, 0.1) is 0 Å². The molecule has 1 heterocycles. The van der Waals surface area contributed by atoms with E-state index in [1.807, 2.05) is 0 Å². The second-order valence-electron chi connectivity index (χ2n) is 4.45. The average molecular weight is 251 g/mol. The normalized spacial score (nSPS) is 16.2. The fraction of sp³-hybridized carbons (Fsp3) is 0.545. The maximum atomic E-state index is 11.7. The highest BCUT2D eigenvalue weighted by Crippen LogP contribution is 2.17. The first-order valence-corrected chi connectivity index (χ1v) is 6.08. The molecular weight excluding hydrogens is 234 g/mol. The molecule has 0 atom stereocenters. The van der Waals surface area contributed by atoms with Crippen molar-refractivity contribution in [2.75, 3.05) is 11.1 Å². The summed E-state index contributed by atoms with van der Waals surface area (Å²) < 4.78 is 0. The third-order valence-corrected chi connectivity index (χ3v) is 2.93. The number of aromatic amines is 1. The van der Waals surface area contributed by atoms with Crippen LogP contribution in [0.4, 0.5) is 16.6 Å². The number of nitrogens with two attached hydrogens (primary N) is 1. The molecule has 0 unspecified atom stereocenters. The summed E-state index contributed by atoms with van der Waals surface area (Å²) in [6.45, 7) is 0. The van der Waals surface area contributed by atoms with E-state index in [0.717, 1.165) is 31.7 Å². The minimum absolute atomic E-state index is 0.0632. The number of hydrogen-bond donors (Lipinski definition) is 4. The lowest BCUT2D eigenvalue weighted by Gasteiger charge is -2.22. The zero-order valence-corrected chi connectivity index (χ0v) is 10.0. The van der Waals surface area contributed by atoms with E-state index in [4.69, 9.17) is 5.73 Å². The third kappa shape index (κ3) is 3.47. The monoisotopic (exact) mass is 251 g/mol. The number of nitrogens with one attached hydrogen (secondary N) is 3. The predicted molar refractivity (Wildman–Crippen MR) is 68.3 cm³/mol. The van der Waals surface area contributed by atoms with E-state index < -0.39 is 5.56 Å². The summed E-state index contributed by atoms with van der Waals surface area (Å²) in [6, 6.07) is 0.992. The van der Waals surface area contributed by atoms with Crippen molar-refractivity contribution in [2.45, 2.75) is 38.1 Å². The zero-order chi connectivity index (χ0) is 13.0. The van der Waals surface area contributed by atoms with Crippen molar-refractivity contribution in [2.24, 2.45) is 0 Å². The summed E-state index contributed by atoms with van der Waals surface area (Å²) in [6.07, 6.45) is 5.49. The molecule has 1 aliphatic carbocycles. The summed E-state index contributed by atoms with van der Waals surface area (Å²) in [4.78, 5) is 29.0. The number of aromatic nitrogens is 2. The zero-order valence-electron chi connectivity index (χ0n) is 10.0. The van der Waals surface area contributed by atoms with Crippen LogP contribution in [-0.2, 0) is 0 Å². The smallest absolute Gasteiger partial charge is 0.321 e. The number of H-pyrrole nitrogens is 1. The Balaban J connectivity index is 1.91. The molecule has 0 spiro atoms. The maximum Gasteiger partial charge on any atom is 0.321 e. The summed E-state index contributed by atoms with van der Waals surface area (Å²) in [5, 5.41) is 5.33. The number of carbonyl (C=O) groups is 1. The van der Waals surface area contributed by atoms with Gasteiger partial charge in [-0.2, -0.15) is 4.98 Å². The van der Waals surface area contributed by atoms with Gasteiger partial charge in [0.25, 0.3) is 5.56 Å². The average Bonchev–Trinajstić information content (AvgIpc) is 2.28. The van der Waals surface area contributed by atoms with Crippen molar-refractivity contribution in [1.82, 2.24) is 15.3 Å². The van der Waals surface area contributed by atoms with Crippen LogP contribution in [0.25, 0.3) is 0 Å². The van der Waals surface area contributed by atoms with Gasteiger partial charge in [-0.15, -0.1) is 0 Å². The minimum Gasteiger partial charge on any atom is -0.383 e. The standard InChI is InChI=1S/C11H17N5O2/c12-8-6-9(17)15-10(14-8)16-11(18)13-7-4-2-1-3-5-7/h6-7H,1-5H2,(H5,12,13,14,15,16,17,18). The van der Waals surface area contributed by atoms with Crippen LogP contribution in [-0.4, -0.2) is 22.0 Å². The van der Waals surface area contributed by atoms with Crippen molar-refractivity contribution in [1.29, 1.82) is 0 Å². The highest BCUT2D eigenvalue weighted by molar-refractivity contribution is 5.87. The van der Waals surface area contributed by atoms with Crippen LogP contribution in [0.3, 0.4) is 0 Å². The molecule has 0 bridgehead atoms. The second-order valence-corrected chi connectivity index (χ2v) is 4.45. The van der Waals surface area contributed by atoms with E-state index >= 15 is 0 Å². The molecule has 98 valence electrons. The number of nitrogen functional groups attached to an aromatic ring is 1. The third-order valence-electron chi connectivity index (χ3n) is 2.93. The van der Waals surface area contributed by atoms with Crippen LogP contribution in [0.15, 0.2) is 10.9 Å². The Morgan fingerprint density at radius 2 is 2.11 bits per heavy atom. The van der Waals surface area contributed by atoms with Gasteiger partial charge in [-0.05, 0) is 12.8 Å². The maximum absolute atomic E-state index is 11.7. The fourth-order valence-corrected chi connectivity index (χ4v) is 2.11. The second kappa shape index (κ2) is 5.52. The molecule has 1 aromatic rings. The molecule has 18 heavy (non-hydrogen) atoms. The molecule has 1 aromatic heterocycles. The van der Waals surface area contributed by atoms with Gasteiger partial charge in [-0.1, -0.05) is 19.3 Å². The van der Waals surface area contributed by atoms with Gasteiger partial charge in [-0.25, -0.2) is 4.79 Å². The summed E-state index contributed by atoms with van der Waals surface area (Å²) in [5.41, 5.74) is 5.02. The quantitative estimate of drug-likeness (QED) is 0.622. The van der Waals surface area contributed by atoms with Crippen molar-refractivity contribution in [3.05, 3.63) is 16.4 Å². The predicted octanol–water partition coefficient (Wildman–Crippen LogP) is 0.806. The number of amides is 2. The largest absolute Gasteiger partial charge is 0.383 e. The summed E-state index contributed by atoms with van der Waals surface area (Å²) in [5.74, 6) is 0.139. The first kappa shape index (κ1) is 12.4. The number of urea groups is 1. The molecule has 0 saturated heterocycles. The fourth-order valence-electron chi connectivity index (χ4n) is 2.11. The van der Waals surface area contributed by atoms with Crippen molar-refractivity contribution >= 4 is 17.8 Å². The van der Waals surface area contributed by atoms with Gasteiger partial charge in [0.15, 0.2) is 0 Å². The Hall–Kier alpha value is -2.05. The Bertz CT molecular complexity index is 479. The number of rotatable bonds is 2. The number of carbonyl (C=O) groups excluding carboxylic acids is 1. The molecule has 7 heteroatoms. The lowest BCUT2D eigenvalue weighted by atomic mass is 9.96. The lowest BCUT2D eigenvalue weighted by Crippen LogP contribution is -2.39. The van der Waals surface area contributed by atoms with Crippen LogP contribution in [0.1, 0.15) is 32.1 Å². The van der Waals surface area contributed by atoms with Gasteiger partial charge in [0.1, 0.15) is 5.82 Å². The molecule has 5 N–H and O–H groups in total. The Kier molecular flexibility index (Phi) is 3.81. The van der Waals surface area contributed by atoms with Gasteiger partial charge >= 0.3 is 6.03 Å². The molecule has 1 saturated carbocycles. The van der Waals surface area contributed by atoms with Crippen LogP contribution < -0.4 is 21.9 Å². The Morgan fingerprint density at radius 3 is 2.78 bits per heavy atom. The lowest BCUT2D eigenvalue weighted by molar-refractivity contribution is 0.244. The highest BCUT2D eigenvalue weighted by Gasteiger charge is 2.15. The van der Waals surface area contributed by atoms with E-state index in [1.165, 1.54) is 6.42 Å². The highest BCUT2D eigenvalue weighted by atomic mass is 16.2. The van der Waals surface area contributed by atoms with E-state index in [0.29, 0.717) is 0 Å². The summed E-state index contributed by atoms with van der Waals surface area (Å²) >= 11 is 0. The van der Waals surface area contributed by atoms with Crippen LogP contribution >= 0.6 is 0 Å². The molecule has 7 nitrogen and oxygen atoms in total. The Morgan fingerprint density at radius 1 is 1.39 bits per heavy atom. The number of nitrogens with zero attached hydrogens (tertiary/aromatic N) is 1. The first-order chi connectivity index (χ1) is 8.63. The van der Waals surface area contributed by atoms with Gasteiger partial charge < -0.3 is 11.1 Å². The van der Waals surface area contributed by atoms with Crippen molar-refractivity contribution < 1.29 is 4.79 Å². The number of hydrogen-bond acceptors (Lipinski definition) is 4.